The second kappa shape index (κ2) is 3.25. The Kier molecular flexibility index (Phi) is 2.17. The van der Waals surface area contributed by atoms with Crippen molar-refractivity contribution in [2.24, 2.45) is 12.5 Å². The van der Waals surface area contributed by atoms with E-state index < -0.39 is 0 Å². The van der Waals surface area contributed by atoms with Crippen molar-refractivity contribution >= 4 is 11.6 Å². The summed E-state index contributed by atoms with van der Waals surface area (Å²) in [4.78, 5) is 11.8. The topological polar surface area (TPSA) is 72.9 Å². The van der Waals surface area contributed by atoms with Crippen LogP contribution in [-0.4, -0.2) is 22.2 Å². The fraction of sp³-hybridized carbons (Fsp3) is 0.600. The third-order valence-electron chi connectivity index (χ3n) is 2.96. The van der Waals surface area contributed by atoms with Crippen LogP contribution in [-0.2, 0) is 7.05 Å². The average molecular weight is 208 g/mol. The number of hydrogen-bond donors (Lipinski definition) is 2. The van der Waals surface area contributed by atoms with Crippen molar-refractivity contribution in [1.82, 2.24) is 15.1 Å². The Morgan fingerprint density at radius 2 is 2.40 bits per heavy atom. The molecule has 1 amide bonds. The smallest absolute Gasteiger partial charge is 0.271 e. The Balaban J connectivity index is 2.01. The van der Waals surface area contributed by atoms with Crippen LogP contribution < -0.4 is 11.1 Å². The highest BCUT2D eigenvalue weighted by atomic mass is 16.2. The number of rotatable bonds is 3. The minimum atomic E-state index is -0.138. The minimum Gasteiger partial charge on any atom is -0.396 e. The second-order valence-electron chi connectivity index (χ2n) is 4.57. The van der Waals surface area contributed by atoms with Gasteiger partial charge in [0.2, 0.25) is 0 Å². The van der Waals surface area contributed by atoms with Gasteiger partial charge in [-0.05, 0) is 18.3 Å². The van der Waals surface area contributed by atoms with Crippen LogP contribution in [0.1, 0.15) is 30.3 Å². The molecule has 5 heteroatoms. The summed E-state index contributed by atoms with van der Waals surface area (Å²) in [5, 5.41) is 6.82. The first-order chi connectivity index (χ1) is 7.02. The maximum absolute atomic E-state index is 11.8. The van der Waals surface area contributed by atoms with Crippen LogP contribution >= 0.6 is 0 Å². The molecule has 3 N–H and O–H groups in total. The summed E-state index contributed by atoms with van der Waals surface area (Å²) < 4.78 is 1.50. The molecule has 1 saturated carbocycles. The predicted molar refractivity (Wildman–Crippen MR) is 57.3 cm³/mol. The molecule has 1 aliphatic rings. The molecule has 0 saturated heterocycles. The Morgan fingerprint density at radius 1 is 1.73 bits per heavy atom. The van der Waals surface area contributed by atoms with Gasteiger partial charge in [-0.2, -0.15) is 5.10 Å². The van der Waals surface area contributed by atoms with E-state index in [2.05, 4.69) is 17.3 Å². The highest BCUT2D eigenvalue weighted by Crippen LogP contribution is 2.44. The van der Waals surface area contributed by atoms with E-state index in [4.69, 9.17) is 5.73 Å². The SMILES string of the molecule is Cn1ncc(N)c1C(=O)NCC1(C)CC1. The zero-order valence-electron chi connectivity index (χ0n) is 9.08. The first-order valence-electron chi connectivity index (χ1n) is 5.07. The summed E-state index contributed by atoms with van der Waals surface area (Å²) in [6.07, 6.45) is 3.87. The number of nitrogen functional groups attached to an aromatic ring is 1. The van der Waals surface area contributed by atoms with E-state index >= 15 is 0 Å². The lowest BCUT2D eigenvalue weighted by Gasteiger charge is -2.10. The van der Waals surface area contributed by atoms with Crippen molar-refractivity contribution in [1.29, 1.82) is 0 Å². The van der Waals surface area contributed by atoms with Crippen molar-refractivity contribution < 1.29 is 4.79 Å². The molecule has 1 aliphatic carbocycles. The van der Waals surface area contributed by atoms with Gasteiger partial charge >= 0.3 is 0 Å². The van der Waals surface area contributed by atoms with E-state index in [0.717, 1.165) is 6.54 Å². The average Bonchev–Trinajstić information content (AvgIpc) is 2.82. The van der Waals surface area contributed by atoms with Crippen LogP contribution in [0.3, 0.4) is 0 Å². The number of carbonyl (C=O) groups is 1. The summed E-state index contributed by atoms with van der Waals surface area (Å²) in [6.45, 7) is 2.89. The zero-order chi connectivity index (χ0) is 11.1. The molecule has 1 aromatic rings. The second-order valence-corrected chi connectivity index (χ2v) is 4.57. The Bertz CT molecular complexity index is 373. The molecule has 0 aliphatic heterocycles. The molecule has 1 aromatic heterocycles. The molecule has 15 heavy (non-hydrogen) atoms. The highest BCUT2D eigenvalue weighted by Gasteiger charge is 2.37. The molecule has 0 aromatic carbocycles. The number of nitrogens with zero attached hydrogens (tertiary/aromatic N) is 2. The fourth-order valence-electron chi connectivity index (χ4n) is 1.50. The fourth-order valence-corrected chi connectivity index (χ4v) is 1.50. The minimum absolute atomic E-state index is 0.138. The van der Waals surface area contributed by atoms with Crippen LogP contribution in [0.15, 0.2) is 6.20 Å². The van der Waals surface area contributed by atoms with Gasteiger partial charge in [0.15, 0.2) is 0 Å². The van der Waals surface area contributed by atoms with E-state index in [9.17, 15) is 4.79 Å². The lowest BCUT2D eigenvalue weighted by molar-refractivity contribution is 0.0937. The number of nitrogens with one attached hydrogen (secondary N) is 1. The molecule has 0 spiro atoms. The number of carbonyl (C=O) groups excluding carboxylic acids is 1. The number of amides is 1. The summed E-state index contributed by atoms with van der Waals surface area (Å²) in [5.41, 5.74) is 6.83. The number of anilines is 1. The van der Waals surface area contributed by atoms with Gasteiger partial charge in [-0.1, -0.05) is 6.92 Å². The molecule has 2 rings (SSSR count). The van der Waals surface area contributed by atoms with Crippen molar-refractivity contribution in [2.75, 3.05) is 12.3 Å². The van der Waals surface area contributed by atoms with Gasteiger partial charge in [0.25, 0.3) is 5.91 Å². The molecule has 0 radical (unpaired) electrons. The van der Waals surface area contributed by atoms with Crippen molar-refractivity contribution in [2.45, 2.75) is 19.8 Å². The van der Waals surface area contributed by atoms with Crippen LogP contribution in [0.5, 0.6) is 0 Å². The van der Waals surface area contributed by atoms with Crippen molar-refractivity contribution in [3.8, 4) is 0 Å². The zero-order valence-corrected chi connectivity index (χ0v) is 9.08. The van der Waals surface area contributed by atoms with Crippen LogP contribution in [0.25, 0.3) is 0 Å². The molecule has 5 nitrogen and oxygen atoms in total. The first-order valence-corrected chi connectivity index (χ1v) is 5.07. The number of aromatic nitrogens is 2. The van der Waals surface area contributed by atoms with E-state index in [0.29, 0.717) is 16.8 Å². The van der Waals surface area contributed by atoms with Gasteiger partial charge < -0.3 is 11.1 Å². The number of hydrogen-bond acceptors (Lipinski definition) is 3. The lowest BCUT2D eigenvalue weighted by Crippen LogP contribution is -2.31. The summed E-state index contributed by atoms with van der Waals surface area (Å²) in [5.74, 6) is -0.138. The monoisotopic (exact) mass is 208 g/mol. The Hall–Kier alpha value is -1.52. The molecule has 1 heterocycles. The Labute approximate surface area is 88.6 Å². The summed E-state index contributed by atoms with van der Waals surface area (Å²) >= 11 is 0. The van der Waals surface area contributed by atoms with E-state index in [1.807, 2.05) is 0 Å². The summed E-state index contributed by atoms with van der Waals surface area (Å²) in [6, 6.07) is 0. The van der Waals surface area contributed by atoms with Gasteiger partial charge in [-0.3, -0.25) is 9.48 Å². The predicted octanol–water partition coefficient (Wildman–Crippen LogP) is 0.532. The Morgan fingerprint density at radius 3 is 2.87 bits per heavy atom. The van der Waals surface area contributed by atoms with Crippen LogP contribution in [0.2, 0.25) is 0 Å². The number of nitrogens with two attached hydrogens (primary N) is 1. The number of aryl methyl sites for hydroxylation is 1. The molecule has 82 valence electrons. The van der Waals surface area contributed by atoms with Gasteiger partial charge in [0.1, 0.15) is 5.69 Å². The highest BCUT2D eigenvalue weighted by molar-refractivity contribution is 5.97. The van der Waals surface area contributed by atoms with E-state index in [-0.39, 0.29) is 5.91 Å². The van der Waals surface area contributed by atoms with Gasteiger partial charge in [-0.15, -0.1) is 0 Å². The molecular weight excluding hydrogens is 192 g/mol. The van der Waals surface area contributed by atoms with Crippen molar-refractivity contribution in [3.05, 3.63) is 11.9 Å². The molecule has 1 fully saturated rings. The molecular formula is C10H16N4O. The van der Waals surface area contributed by atoms with Gasteiger partial charge in [0.05, 0.1) is 11.9 Å². The largest absolute Gasteiger partial charge is 0.396 e. The summed E-state index contributed by atoms with van der Waals surface area (Å²) in [7, 11) is 1.71. The molecule has 0 atom stereocenters. The van der Waals surface area contributed by atoms with Gasteiger partial charge in [0, 0.05) is 13.6 Å². The van der Waals surface area contributed by atoms with Gasteiger partial charge in [-0.25, -0.2) is 0 Å². The quantitative estimate of drug-likeness (QED) is 0.761. The lowest BCUT2D eigenvalue weighted by atomic mass is 10.1. The molecule has 0 bridgehead atoms. The van der Waals surface area contributed by atoms with E-state index in [1.165, 1.54) is 23.7 Å². The third kappa shape index (κ3) is 1.95. The maximum Gasteiger partial charge on any atom is 0.271 e. The maximum atomic E-state index is 11.8. The third-order valence-corrected chi connectivity index (χ3v) is 2.96. The first kappa shape index (κ1) is 10.0. The van der Waals surface area contributed by atoms with Crippen LogP contribution in [0, 0.1) is 5.41 Å². The normalized spacial score (nSPS) is 17.5. The standard InChI is InChI=1S/C10H16N4O/c1-10(3-4-10)6-12-9(15)8-7(11)5-13-14(8)2/h5H,3-4,6,11H2,1-2H3,(H,12,15). The molecule has 0 unspecified atom stereocenters. The van der Waals surface area contributed by atoms with Crippen molar-refractivity contribution in [3.63, 3.8) is 0 Å². The van der Waals surface area contributed by atoms with Crippen LogP contribution in [0.4, 0.5) is 5.69 Å². The van der Waals surface area contributed by atoms with E-state index in [1.54, 1.807) is 7.05 Å².